The molecule has 106 valence electrons. The summed E-state index contributed by atoms with van der Waals surface area (Å²) in [6, 6.07) is 12.9. The van der Waals surface area contributed by atoms with Gasteiger partial charge in [-0.25, -0.2) is 4.39 Å². The second-order valence-corrected chi connectivity index (χ2v) is 5.82. The van der Waals surface area contributed by atoms with Crippen LogP contribution in [-0.4, -0.2) is 0 Å². The van der Waals surface area contributed by atoms with E-state index in [-0.39, 0.29) is 5.82 Å². The van der Waals surface area contributed by atoms with Gasteiger partial charge in [-0.2, -0.15) is 0 Å². The van der Waals surface area contributed by atoms with Crippen molar-refractivity contribution in [3.05, 3.63) is 70.0 Å². The third-order valence-electron chi connectivity index (χ3n) is 3.59. The SMILES string of the molecule is CCc1ccc(C(C)(N)Cc2ccc(Cl)cc2F)cc1. The van der Waals surface area contributed by atoms with E-state index in [1.807, 2.05) is 19.1 Å². The first-order valence-corrected chi connectivity index (χ1v) is 7.12. The lowest BCUT2D eigenvalue weighted by Crippen LogP contribution is -2.35. The molecule has 0 amide bonds. The molecule has 0 saturated carbocycles. The second-order valence-electron chi connectivity index (χ2n) is 5.38. The average Bonchev–Trinajstić information content (AvgIpc) is 2.42. The molecule has 1 atom stereocenters. The third-order valence-corrected chi connectivity index (χ3v) is 3.83. The van der Waals surface area contributed by atoms with Gasteiger partial charge in [0, 0.05) is 10.6 Å². The standard InChI is InChI=1S/C17H19ClFN/c1-3-12-4-7-14(8-5-12)17(2,20)11-13-6-9-15(18)10-16(13)19/h4-10H,3,11,20H2,1-2H3. The minimum atomic E-state index is -0.610. The van der Waals surface area contributed by atoms with Gasteiger partial charge in [-0.05, 0) is 48.6 Å². The Balaban J connectivity index is 2.25. The topological polar surface area (TPSA) is 26.0 Å². The summed E-state index contributed by atoms with van der Waals surface area (Å²) in [4.78, 5) is 0. The van der Waals surface area contributed by atoms with Crippen LogP contribution in [0.25, 0.3) is 0 Å². The largest absolute Gasteiger partial charge is 0.321 e. The van der Waals surface area contributed by atoms with E-state index < -0.39 is 5.54 Å². The van der Waals surface area contributed by atoms with Crippen molar-refractivity contribution in [2.45, 2.75) is 32.2 Å². The Kier molecular flexibility index (Phi) is 4.46. The van der Waals surface area contributed by atoms with Crippen molar-refractivity contribution >= 4 is 11.6 Å². The van der Waals surface area contributed by atoms with Crippen molar-refractivity contribution in [2.24, 2.45) is 5.73 Å². The van der Waals surface area contributed by atoms with Crippen LogP contribution in [0, 0.1) is 5.82 Å². The molecule has 2 rings (SSSR count). The van der Waals surface area contributed by atoms with Gasteiger partial charge in [-0.3, -0.25) is 0 Å². The van der Waals surface area contributed by atoms with Crippen LogP contribution in [0.2, 0.25) is 5.02 Å². The van der Waals surface area contributed by atoms with Crippen molar-refractivity contribution < 1.29 is 4.39 Å². The summed E-state index contributed by atoms with van der Waals surface area (Å²) in [7, 11) is 0. The summed E-state index contributed by atoms with van der Waals surface area (Å²) in [5, 5.41) is 0.400. The fraction of sp³-hybridized carbons (Fsp3) is 0.294. The van der Waals surface area contributed by atoms with Crippen molar-refractivity contribution in [1.82, 2.24) is 0 Å². The summed E-state index contributed by atoms with van der Waals surface area (Å²) in [6.07, 6.45) is 1.43. The molecule has 0 aliphatic rings. The molecule has 1 nitrogen and oxygen atoms in total. The van der Waals surface area contributed by atoms with Gasteiger partial charge in [0.15, 0.2) is 0 Å². The van der Waals surface area contributed by atoms with Crippen LogP contribution in [0.4, 0.5) is 4.39 Å². The molecule has 0 aliphatic heterocycles. The highest BCUT2D eigenvalue weighted by molar-refractivity contribution is 6.30. The van der Waals surface area contributed by atoms with Crippen LogP contribution in [0.1, 0.15) is 30.5 Å². The van der Waals surface area contributed by atoms with Crippen LogP contribution in [0.5, 0.6) is 0 Å². The minimum Gasteiger partial charge on any atom is -0.321 e. The average molecular weight is 292 g/mol. The van der Waals surface area contributed by atoms with Crippen molar-refractivity contribution in [3.63, 3.8) is 0 Å². The van der Waals surface area contributed by atoms with Gasteiger partial charge in [0.05, 0.1) is 0 Å². The van der Waals surface area contributed by atoms with E-state index in [9.17, 15) is 4.39 Å². The number of aryl methyl sites for hydroxylation is 1. The maximum absolute atomic E-state index is 13.9. The lowest BCUT2D eigenvalue weighted by molar-refractivity contribution is 0.475. The van der Waals surface area contributed by atoms with E-state index >= 15 is 0 Å². The zero-order valence-electron chi connectivity index (χ0n) is 11.8. The predicted octanol–water partition coefficient (Wildman–Crippen LogP) is 4.46. The summed E-state index contributed by atoms with van der Waals surface area (Å²) in [5.41, 5.74) is 8.61. The Morgan fingerprint density at radius 3 is 2.35 bits per heavy atom. The summed E-state index contributed by atoms with van der Waals surface area (Å²) >= 11 is 5.77. The normalized spacial score (nSPS) is 14.1. The number of hydrogen-bond donors (Lipinski definition) is 1. The molecule has 3 heteroatoms. The van der Waals surface area contributed by atoms with Crippen LogP contribution < -0.4 is 5.73 Å². The molecule has 20 heavy (non-hydrogen) atoms. The molecule has 0 saturated heterocycles. The lowest BCUT2D eigenvalue weighted by Gasteiger charge is -2.26. The zero-order chi connectivity index (χ0) is 14.8. The monoisotopic (exact) mass is 291 g/mol. The first-order valence-electron chi connectivity index (χ1n) is 6.74. The van der Waals surface area contributed by atoms with Gasteiger partial charge in [0.25, 0.3) is 0 Å². The Labute approximate surface area is 124 Å². The summed E-state index contributed by atoms with van der Waals surface area (Å²) in [5.74, 6) is -0.306. The van der Waals surface area contributed by atoms with Gasteiger partial charge in [0.1, 0.15) is 5.82 Å². The number of benzene rings is 2. The van der Waals surface area contributed by atoms with E-state index in [1.54, 1.807) is 12.1 Å². The number of rotatable bonds is 4. The maximum Gasteiger partial charge on any atom is 0.127 e. The molecule has 2 N–H and O–H groups in total. The molecule has 0 bridgehead atoms. The lowest BCUT2D eigenvalue weighted by atomic mass is 9.86. The Morgan fingerprint density at radius 2 is 1.80 bits per heavy atom. The molecule has 0 radical (unpaired) electrons. The van der Waals surface area contributed by atoms with Crippen molar-refractivity contribution in [3.8, 4) is 0 Å². The minimum absolute atomic E-state index is 0.306. The van der Waals surface area contributed by atoms with E-state index in [0.717, 1.165) is 12.0 Å². The Hall–Kier alpha value is -1.38. The molecule has 0 aromatic heterocycles. The van der Waals surface area contributed by atoms with Gasteiger partial charge in [-0.15, -0.1) is 0 Å². The van der Waals surface area contributed by atoms with E-state index in [4.69, 9.17) is 17.3 Å². The maximum atomic E-state index is 13.9. The summed E-state index contributed by atoms with van der Waals surface area (Å²) in [6.45, 7) is 4.03. The van der Waals surface area contributed by atoms with Crippen LogP contribution in [-0.2, 0) is 18.4 Å². The summed E-state index contributed by atoms with van der Waals surface area (Å²) < 4.78 is 13.9. The smallest absolute Gasteiger partial charge is 0.127 e. The molecule has 0 spiro atoms. The van der Waals surface area contributed by atoms with Crippen LogP contribution in [0.15, 0.2) is 42.5 Å². The van der Waals surface area contributed by atoms with E-state index in [1.165, 1.54) is 11.6 Å². The fourth-order valence-corrected chi connectivity index (χ4v) is 2.44. The molecule has 2 aromatic carbocycles. The second kappa shape index (κ2) is 5.94. The van der Waals surface area contributed by atoms with E-state index in [0.29, 0.717) is 17.0 Å². The van der Waals surface area contributed by atoms with Crippen molar-refractivity contribution in [2.75, 3.05) is 0 Å². The molecular formula is C17H19ClFN. The highest BCUT2D eigenvalue weighted by Crippen LogP contribution is 2.25. The number of nitrogens with two attached hydrogens (primary N) is 1. The quantitative estimate of drug-likeness (QED) is 0.884. The van der Waals surface area contributed by atoms with Gasteiger partial charge in [0.2, 0.25) is 0 Å². The molecule has 2 aromatic rings. The molecule has 0 fully saturated rings. The highest BCUT2D eigenvalue weighted by Gasteiger charge is 2.23. The first kappa shape index (κ1) is 15.0. The first-order chi connectivity index (χ1) is 9.42. The zero-order valence-corrected chi connectivity index (χ0v) is 12.5. The molecule has 1 unspecified atom stereocenters. The van der Waals surface area contributed by atoms with Gasteiger partial charge < -0.3 is 5.73 Å². The predicted molar refractivity (Wildman–Crippen MR) is 82.5 cm³/mol. The van der Waals surface area contributed by atoms with E-state index in [2.05, 4.69) is 19.1 Å². The molecular weight excluding hydrogens is 273 g/mol. The van der Waals surface area contributed by atoms with Gasteiger partial charge >= 0.3 is 0 Å². The molecule has 0 aliphatic carbocycles. The van der Waals surface area contributed by atoms with Crippen molar-refractivity contribution in [1.29, 1.82) is 0 Å². The Morgan fingerprint density at radius 1 is 1.15 bits per heavy atom. The Bertz CT molecular complexity index is 590. The highest BCUT2D eigenvalue weighted by atomic mass is 35.5. The van der Waals surface area contributed by atoms with Gasteiger partial charge in [-0.1, -0.05) is 48.9 Å². The molecule has 0 heterocycles. The van der Waals surface area contributed by atoms with Crippen LogP contribution >= 0.6 is 11.6 Å². The van der Waals surface area contributed by atoms with Crippen LogP contribution in [0.3, 0.4) is 0 Å². The number of halogens is 2. The number of hydrogen-bond acceptors (Lipinski definition) is 1. The fourth-order valence-electron chi connectivity index (χ4n) is 2.28. The third kappa shape index (κ3) is 3.38.